The molecule has 14 heteroatoms. The lowest BCUT2D eigenvalue weighted by atomic mass is 9.98. The molecule has 0 unspecified atom stereocenters. The number of fused-ring (bicyclic) bond motifs is 1. The molecule has 0 aliphatic carbocycles. The second-order valence-corrected chi connectivity index (χ2v) is 10.8. The van der Waals surface area contributed by atoms with Crippen molar-refractivity contribution in [1.29, 1.82) is 0 Å². The molecule has 0 bridgehead atoms. The summed E-state index contributed by atoms with van der Waals surface area (Å²) in [5, 5.41) is 9.52. The normalized spacial score (nSPS) is 19.6. The van der Waals surface area contributed by atoms with Crippen LogP contribution < -0.4 is 16.0 Å². The molecule has 0 radical (unpaired) electrons. The van der Waals surface area contributed by atoms with Gasteiger partial charge in [-0.05, 0) is 25.6 Å². The molecule has 0 aromatic carbocycles. The van der Waals surface area contributed by atoms with Gasteiger partial charge < -0.3 is 30.5 Å². The minimum atomic E-state index is -0.537. The summed E-state index contributed by atoms with van der Waals surface area (Å²) in [7, 11) is 3.49. The molecule has 2 aromatic heterocycles. The van der Waals surface area contributed by atoms with Gasteiger partial charge in [-0.2, -0.15) is 0 Å². The fraction of sp³-hybridized carbons (Fsp3) is 0.478. The summed E-state index contributed by atoms with van der Waals surface area (Å²) in [6.07, 6.45) is 2.68. The molecule has 11 nitrogen and oxygen atoms in total. The molecule has 4 rings (SSSR count). The molecule has 2 atom stereocenters. The molecule has 2 aromatic rings. The first kappa shape index (κ1) is 27.3. The number of halogens is 1. The van der Waals surface area contributed by atoms with Crippen molar-refractivity contribution < 1.29 is 19.1 Å². The van der Waals surface area contributed by atoms with Crippen molar-refractivity contribution in [3.05, 3.63) is 38.9 Å². The van der Waals surface area contributed by atoms with Crippen molar-refractivity contribution in [1.82, 2.24) is 30.4 Å². The minimum Gasteiger partial charge on any atom is -0.375 e. The monoisotopic (exact) mass is 565 g/mol. The van der Waals surface area contributed by atoms with Crippen molar-refractivity contribution in [3.63, 3.8) is 0 Å². The summed E-state index contributed by atoms with van der Waals surface area (Å²) in [5.74, 6) is -0.728. The number of pyridine rings is 1. The van der Waals surface area contributed by atoms with E-state index in [4.69, 9.17) is 28.6 Å². The lowest BCUT2D eigenvalue weighted by Crippen LogP contribution is -2.62. The van der Waals surface area contributed by atoms with Gasteiger partial charge in [0.05, 0.1) is 22.8 Å². The van der Waals surface area contributed by atoms with Crippen LogP contribution in [-0.2, 0) is 27.3 Å². The van der Waals surface area contributed by atoms with Gasteiger partial charge in [0.1, 0.15) is 12.4 Å². The quantitative estimate of drug-likeness (QED) is 0.441. The van der Waals surface area contributed by atoms with E-state index in [9.17, 15) is 14.4 Å². The van der Waals surface area contributed by atoms with Crippen LogP contribution in [0.2, 0.25) is 5.02 Å². The van der Waals surface area contributed by atoms with E-state index in [0.717, 1.165) is 30.1 Å². The van der Waals surface area contributed by atoms with Gasteiger partial charge >= 0.3 is 0 Å². The number of nitrogens with zero attached hydrogens (tertiary/aromatic N) is 4. The van der Waals surface area contributed by atoms with E-state index < -0.39 is 11.9 Å². The molecule has 2 aliphatic heterocycles. The number of hydrogen-bond acceptors (Lipinski definition) is 9. The third kappa shape index (κ3) is 6.99. The van der Waals surface area contributed by atoms with Crippen molar-refractivity contribution in [2.45, 2.75) is 31.5 Å². The van der Waals surface area contributed by atoms with E-state index in [2.05, 4.69) is 30.8 Å². The highest BCUT2D eigenvalue weighted by Crippen LogP contribution is 2.25. The van der Waals surface area contributed by atoms with Crippen molar-refractivity contribution in [3.8, 4) is 0 Å². The second kappa shape index (κ2) is 12.2. The van der Waals surface area contributed by atoms with Gasteiger partial charge in [0, 0.05) is 50.8 Å². The number of rotatable bonds is 6. The molecule has 37 heavy (non-hydrogen) atoms. The van der Waals surface area contributed by atoms with Crippen molar-refractivity contribution >= 4 is 63.7 Å². The Morgan fingerprint density at radius 2 is 2.05 bits per heavy atom. The Morgan fingerprint density at radius 1 is 1.24 bits per heavy atom. The van der Waals surface area contributed by atoms with Crippen LogP contribution >= 0.6 is 35.2 Å². The molecule has 198 valence electrons. The Kier molecular flexibility index (Phi) is 9.03. The maximum atomic E-state index is 13.2. The molecule has 2 aliphatic rings. The Bertz CT molecular complexity index is 1180. The third-order valence-electron chi connectivity index (χ3n) is 6.16. The van der Waals surface area contributed by atoms with Crippen LogP contribution in [-0.4, -0.2) is 95.0 Å². The highest BCUT2D eigenvalue weighted by molar-refractivity contribution is 7.82. The van der Waals surface area contributed by atoms with E-state index in [0.29, 0.717) is 28.8 Å². The van der Waals surface area contributed by atoms with Crippen LogP contribution in [0.3, 0.4) is 0 Å². The van der Waals surface area contributed by atoms with Gasteiger partial charge in [0.2, 0.25) is 5.91 Å². The zero-order valence-corrected chi connectivity index (χ0v) is 22.8. The number of ether oxygens (including phenoxy) is 1. The SMILES string of the molecule is COCC(=O)N1CC[C@H](NC(=S)C(=O)Nc2ccc(Cl)cn2)[C@H](NC(=O)c2nc3c(s2)CN(C)CC3)C1. The summed E-state index contributed by atoms with van der Waals surface area (Å²) >= 11 is 12.6. The number of methoxy groups -OCH3 is 1. The predicted molar refractivity (Wildman–Crippen MR) is 144 cm³/mol. The minimum absolute atomic E-state index is 0.0505. The first-order valence-electron chi connectivity index (χ1n) is 11.7. The Balaban J connectivity index is 1.44. The smallest absolute Gasteiger partial charge is 0.284 e. The zero-order valence-electron chi connectivity index (χ0n) is 20.5. The fourth-order valence-electron chi connectivity index (χ4n) is 4.22. The second-order valence-electron chi connectivity index (χ2n) is 8.91. The molecule has 0 spiro atoms. The number of likely N-dealkylation sites (N-methyl/N-ethyl adjacent to an activating group) is 1. The number of piperidine rings is 1. The van der Waals surface area contributed by atoms with Crippen LogP contribution in [0.15, 0.2) is 18.3 Å². The fourth-order valence-corrected chi connectivity index (χ4v) is 5.63. The number of hydrogen-bond donors (Lipinski definition) is 3. The number of anilines is 1. The number of amides is 3. The standard InChI is InChI=1S/C23H28ClN7O4S2/c1-30-7-5-15-17(11-30)37-23(28-15)21(34)26-16-10-31(19(32)12-35-2)8-6-14(16)27-22(36)20(33)29-18-4-3-13(24)9-25-18/h3-4,9,14,16H,5-8,10-12H2,1-2H3,(H,26,34)(H,27,36)(H,25,29,33)/t14-,16+/m0/s1. The molecule has 0 saturated carbocycles. The summed E-state index contributed by atoms with van der Waals surface area (Å²) in [4.78, 5) is 51.8. The summed E-state index contributed by atoms with van der Waals surface area (Å²) in [6.45, 7) is 2.27. The summed E-state index contributed by atoms with van der Waals surface area (Å²) in [6, 6.07) is 2.28. The maximum Gasteiger partial charge on any atom is 0.284 e. The average Bonchev–Trinajstić information content (AvgIpc) is 3.30. The van der Waals surface area contributed by atoms with E-state index in [-0.39, 0.29) is 36.0 Å². The number of thiocarbonyl (C=S) groups is 1. The zero-order chi connectivity index (χ0) is 26.5. The highest BCUT2D eigenvalue weighted by Gasteiger charge is 2.34. The summed E-state index contributed by atoms with van der Waals surface area (Å²) < 4.78 is 4.99. The van der Waals surface area contributed by atoms with E-state index >= 15 is 0 Å². The van der Waals surface area contributed by atoms with Crippen LogP contribution in [0.4, 0.5) is 5.82 Å². The van der Waals surface area contributed by atoms with Crippen LogP contribution in [0.1, 0.15) is 26.8 Å². The third-order valence-corrected chi connectivity index (χ3v) is 7.77. The number of likely N-dealkylation sites (tertiary alicyclic amines) is 1. The van der Waals surface area contributed by atoms with Gasteiger partial charge in [-0.15, -0.1) is 11.3 Å². The summed E-state index contributed by atoms with van der Waals surface area (Å²) in [5.41, 5.74) is 0.956. The van der Waals surface area contributed by atoms with Crippen molar-refractivity contribution in [2.24, 2.45) is 0 Å². The maximum absolute atomic E-state index is 13.2. The Morgan fingerprint density at radius 3 is 2.78 bits per heavy atom. The Labute approximate surface area is 228 Å². The predicted octanol–water partition coefficient (Wildman–Crippen LogP) is 1.08. The highest BCUT2D eigenvalue weighted by atomic mass is 35.5. The van der Waals surface area contributed by atoms with Crippen LogP contribution in [0.25, 0.3) is 0 Å². The topological polar surface area (TPSA) is 129 Å². The van der Waals surface area contributed by atoms with E-state index in [1.54, 1.807) is 17.0 Å². The molecular weight excluding hydrogens is 538 g/mol. The first-order chi connectivity index (χ1) is 17.7. The van der Waals surface area contributed by atoms with Gasteiger partial charge in [-0.3, -0.25) is 14.4 Å². The molecular formula is C23H28ClN7O4S2. The van der Waals surface area contributed by atoms with Gasteiger partial charge in [-0.1, -0.05) is 23.8 Å². The first-order valence-corrected chi connectivity index (χ1v) is 13.3. The number of nitrogens with one attached hydrogen (secondary N) is 3. The van der Waals surface area contributed by atoms with Crippen molar-refractivity contribution in [2.75, 3.05) is 45.7 Å². The number of aromatic nitrogens is 2. The molecule has 3 N–H and O–H groups in total. The number of carbonyl (C=O) groups excluding carboxylic acids is 3. The molecule has 3 amide bonds. The van der Waals surface area contributed by atoms with E-state index in [1.165, 1.54) is 24.6 Å². The van der Waals surface area contributed by atoms with Gasteiger partial charge in [0.25, 0.3) is 11.8 Å². The van der Waals surface area contributed by atoms with Crippen LogP contribution in [0.5, 0.6) is 0 Å². The number of carbonyl (C=O) groups is 3. The Hall–Kier alpha value is -2.71. The lowest BCUT2D eigenvalue weighted by molar-refractivity contribution is -0.136. The van der Waals surface area contributed by atoms with Gasteiger partial charge in [0.15, 0.2) is 10.00 Å². The largest absolute Gasteiger partial charge is 0.375 e. The van der Waals surface area contributed by atoms with Gasteiger partial charge in [-0.25, -0.2) is 9.97 Å². The average molecular weight is 566 g/mol. The number of thiazole rings is 1. The molecule has 4 heterocycles. The molecule has 1 saturated heterocycles. The van der Waals surface area contributed by atoms with Crippen LogP contribution in [0, 0.1) is 0 Å². The van der Waals surface area contributed by atoms with E-state index in [1.807, 2.05) is 7.05 Å². The molecule has 1 fully saturated rings. The lowest BCUT2D eigenvalue weighted by Gasteiger charge is -2.39.